The summed E-state index contributed by atoms with van der Waals surface area (Å²) in [5, 5.41) is 0. The molecule has 1 aromatic carbocycles. The van der Waals surface area contributed by atoms with Crippen LogP contribution < -0.4 is 4.90 Å². The molecule has 3 heterocycles. The third kappa shape index (κ3) is 1.32. The van der Waals surface area contributed by atoms with Crippen molar-refractivity contribution in [2.24, 2.45) is 11.8 Å². The van der Waals surface area contributed by atoms with E-state index in [1.165, 1.54) is 4.90 Å². The van der Waals surface area contributed by atoms with E-state index in [9.17, 15) is 9.59 Å². The number of carbonyl (C=O) groups is 2. The molecular weight excluding hydrogens is 242 g/mol. The smallest absolute Gasteiger partial charge is 0.240 e. The van der Waals surface area contributed by atoms with Crippen LogP contribution in [-0.2, 0) is 14.3 Å². The number of amides is 2. The van der Waals surface area contributed by atoms with Gasteiger partial charge < -0.3 is 4.74 Å². The van der Waals surface area contributed by atoms with Crippen molar-refractivity contribution < 1.29 is 14.3 Å². The van der Waals surface area contributed by atoms with Crippen LogP contribution in [0.15, 0.2) is 36.4 Å². The number of fused-ring (bicyclic) bond motifs is 5. The van der Waals surface area contributed by atoms with Gasteiger partial charge >= 0.3 is 0 Å². The van der Waals surface area contributed by atoms with Crippen LogP contribution in [0.25, 0.3) is 0 Å². The van der Waals surface area contributed by atoms with Gasteiger partial charge in [-0.3, -0.25) is 9.59 Å². The van der Waals surface area contributed by atoms with E-state index >= 15 is 0 Å². The Bertz CT molecular complexity index is 592. The molecule has 4 atom stereocenters. The van der Waals surface area contributed by atoms with Gasteiger partial charge in [-0.05, 0) is 24.6 Å². The van der Waals surface area contributed by atoms with Gasteiger partial charge in [0, 0.05) is 0 Å². The van der Waals surface area contributed by atoms with Gasteiger partial charge in [0.1, 0.15) is 0 Å². The zero-order chi connectivity index (χ0) is 13.1. The number of aryl methyl sites for hydroxylation is 1. The number of benzene rings is 1. The highest BCUT2D eigenvalue weighted by Crippen LogP contribution is 2.46. The van der Waals surface area contributed by atoms with E-state index in [0.717, 1.165) is 5.56 Å². The summed E-state index contributed by atoms with van der Waals surface area (Å²) in [6, 6.07) is 7.49. The Kier molecular flexibility index (Phi) is 2.04. The van der Waals surface area contributed by atoms with Crippen molar-refractivity contribution in [3.8, 4) is 0 Å². The predicted molar refractivity (Wildman–Crippen MR) is 68.5 cm³/mol. The molecule has 96 valence electrons. The maximum absolute atomic E-state index is 12.5. The van der Waals surface area contributed by atoms with Gasteiger partial charge in [-0.25, -0.2) is 4.90 Å². The highest BCUT2D eigenvalue weighted by molar-refractivity contribution is 6.23. The molecule has 4 unspecified atom stereocenters. The Morgan fingerprint density at radius 1 is 1.05 bits per heavy atom. The molecule has 3 aliphatic rings. The Balaban J connectivity index is 1.77. The second-order valence-corrected chi connectivity index (χ2v) is 5.35. The lowest BCUT2D eigenvalue weighted by atomic mass is 9.85. The first-order valence-corrected chi connectivity index (χ1v) is 6.45. The van der Waals surface area contributed by atoms with E-state index in [4.69, 9.17) is 4.74 Å². The number of rotatable bonds is 1. The van der Waals surface area contributed by atoms with Gasteiger partial charge in [-0.1, -0.05) is 24.3 Å². The van der Waals surface area contributed by atoms with Crippen molar-refractivity contribution in [3.63, 3.8) is 0 Å². The van der Waals surface area contributed by atoms with E-state index in [1.54, 1.807) is 6.07 Å². The second-order valence-electron chi connectivity index (χ2n) is 5.35. The number of carbonyl (C=O) groups excluding carboxylic acids is 2. The average molecular weight is 255 g/mol. The standard InChI is InChI=1S/C15H13NO3/c1-8-3-2-4-9(7-8)16-14(17)12-10-5-6-11(19-10)13(12)15(16)18/h2-7,10-13H,1H3. The second kappa shape index (κ2) is 3.54. The van der Waals surface area contributed by atoms with Crippen LogP contribution in [0.3, 0.4) is 0 Å². The molecule has 4 nitrogen and oxygen atoms in total. The molecule has 2 bridgehead atoms. The van der Waals surface area contributed by atoms with Crippen LogP contribution in [0.1, 0.15) is 5.56 Å². The van der Waals surface area contributed by atoms with Crippen molar-refractivity contribution >= 4 is 17.5 Å². The van der Waals surface area contributed by atoms with E-state index in [2.05, 4.69) is 0 Å². The van der Waals surface area contributed by atoms with Crippen LogP contribution in [0.4, 0.5) is 5.69 Å². The Hall–Kier alpha value is -1.94. The SMILES string of the molecule is Cc1cccc(N2C(=O)C3C4C=CC(O4)C3C2=O)c1. The molecule has 3 aliphatic heterocycles. The van der Waals surface area contributed by atoms with Crippen molar-refractivity contribution in [2.45, 2.75) is 19.1 Å². The lowest BCUT2D eigenvalue weighted by Crippen LogP contribution is -2.34. The molecule has 0 spiro atoms. The first-order valence-electron chi connectivity index (χ1n) is 6.45. The normalized spacial score (nSPS) is 35.3. The minimum atomic E-state index is -0.331. The minimum absolute atomic E-state index is 0.127. The number of hydrogen-bond donors (Lipinski definition) is 0. The first kappa shape index (κ1) is 10.9. The number of imide groups is 1. The van der Waals surface area contributed by atoms with E-state index in [-0.39, 0.29) is 35.9 Å². The molecular formula is C15H13NO3. The molecule has 0 aromatic heterocycles. The van der Waals surface area contributed by atoms with E-state index in [1.807, 2.05) is 37.3 Å². The highest BCUT2D eigenvalue weighted by atomic mass is 16.5. The molecule has 0 radical (unpaired) electrons. The average Bonchev–Trinajstić information content (AvgIpc) is 3.04. The molecule has 1 aromatic rings. The summed E-state index contributed by atoms with van der Waals surface area (Å²) in [5.74, 6) is -0.916. The molecule has 0 saturated carbocycles. The number of nitrogens with zero attached hydrogens (tertiary/aromatic N) is 1. The van der Waals surface area contributed by atoms with Crippen molar-refractivity contribution in [2.75, 3.05) is 4.90 Å². The monoisotopic (exact) mass is 255 g/mol. The molecule has 2 saturated heterocycles. The van der Waals surface area contributed by atoms with Crippen LogP contribution in [-0.4, -0.2) is 24.0 Å². The topological polar surface area (TPSA) is 46.6 Å². The summed E-state index contributed by atoms with van der Waals surface area (Å²) in [5.41, 5.74) is 1.70. The van der Waals surface area contributed by atoms with Crippen molar-refractivity contribution in [3.05, 3.63) is 42.0 Å². The number of hydrogen-bond acceptors (Lipinski definition) is 3. The maximum atomic E-state index is 12.5. The van der Waals surface area contributed by atoms with Gasteiger partial charge in [0.05, 0.1) is 29.7 Å². The molecule has 19 heavy (non-hydrogen) atoms. The lowest BCUT2D eigenvalue weighted by molar-refractivity contribution is -0.124. The van der Waals surface area contributed by atoms with Crippen LogP contribution in [0, 0.1) is 18.8 Å². The van der Waals surface area contributed by atoms with Gasteiger partial charge in [-0.15, -0.1) is 0 Å². The van der Waals surface area contributed by atoms with Crippen LogP contribution in [0.5, 0.6) is 0 Å². The highest BCUT2D eigenvalue weighted by Gasteiger charge is 2.60. The Labute approximate surface area is 110 Å². The lowest BCUT2D eigenvalue weighted by Gasteiger charge is -2.17. The summed E-state index contributed by atoms with van der Waals surface area (Å²) in [4.78, 5) is 26.3. The minimum Gasteiger partial charge on any atom is -0.365 e. The van der Waals surface area contributed by atoms with E-state index < -0.39 is 0 Å². The Morgan fingerprint density at radius 3 is 2.26 bits per heavy atom. The first-order chi connectivity index (χ1) is 9.16. The molecule has 2 fully saturated rings. The van der Waals surface area contributed by atoms with Crippen LogP contribution >= 0.6 is 0 Å². The molecule has 4 heteroatoms. The third-order valence-electron chi connectivity index (χ3n) is 4.17. The van der Waals surface area contributed by atoms with Gasteiger partial charge in [-0.2, -0.15) is 0 Å². The number of ether oxygens (including phenoxy) is 1. The maximum Gasteiger partial charge on any atom is 0.240 e. The summed E-state index contributed by atoms with van der Waals surface area (Å²) in [6.45, 7) is 1.95. The molecule has 2 amide bonds. The Morgan fingerprint density at radius 2 is 1.68 bits per heavy atom. The van der Waals surface area contributed by atoms with Crippen molar-refractivity contribution in [1.29, 1.82) is 0 Å². The largest absolute Gasteiger partial charge is 0.365 e. The predicted octanol–water partition coefficient (Wildman–Crippen LogP) is 1.44. The van der Waals surface area contributed by atoms with Gasteiger partial charge in [0.2, 0.25) is 11.8 Å². The molecule has 0 N–H and O–H groups in total. The van der Waals surface area contributed by atoms with Gasteiger partial charge in [0.25, 0.3) is 0 Å². The summed E-state index contributed by atoms with van der Waals surface area (Å²) in [7, 11) is 0. The molecule has 4 rings (SSSR count). The van der Waals surface area contributed by atoms with Crippen molar-refractivity contribution in [1.82, 2.24) is 0 Å². The third-order valence-corrected chi connectivity index (χ3v) is 4.17. The number of anilines is 1. The quantitative estimate of drug-likeness (QED) is 0.563. The summed E-state index contributed by atoms with van der Waals surface area (Å²) >= 11 is 0. The summed E-state index contributed by atoms with van der Waals surface area (Å²) < 4.78 is 5.61. The summed E-state index contributed by atoms with van der Waals surface area (Å²) in [6.07, 6.45) is 3.36. The zero-order valence-corrected chi connectivity index (χ0v) is 10.4. The van der Waals surface area contributed by atoms with Gasteiger partial charge in [0.15, 0.2) is 0 Å². The van der Waals surface area contributed by atoms with E-state index in [0.29, 0.717) is 5.69 Å². The zero-order valence-electron chi connectivity index (χ0n) is 10.4. The fourth-order valence-electron chi connectivity index (χ4n) is 3.33. The fourth-order valence-corrected chi connectivity index (χ4v) is 3.33. The van der Waals surface area contributed by atoms with Crippen LogP contribution in [0.2, 0.25) is 0 Å². The molecule has 0 aliphatic carbocycles. The fraction of sp³-hybridized carbons (Fsp3) is 0.333.